The van der Waals surface area contributed by atoms with Crippen LogP contribution >= 0.6 is 15.9 Å². The second-order valence-corrected chi connectivity index (χ2v) is 5.89. The van der Waals surface area contributed by atoms with Crippen LogP contribution in [0.4, 0.5) is 4.39 Å². The average molecular weight is 331 g/mol. The monoisotopic (exact) mass is 330 g/mol. The van der Waals surface area contributed by atoms with Gasteiger partial charge >= 0.3 is 0 Å². The molecule has 2 unspecified atom stereocenters. The zero-order valence-electron chi connectivity index (χ0n) is 11.1. The van der Waals surface area contributed by atoms with Crippen molar-refractivity contribution in [2.24, 2.45) is 5.73 Å². The molecule has 1 aromatic rings. The van der Waals surface area contributed by atoms with Crippen LogP contribution in [0.25, 0.3) is 0 Å². The highest BCUT2D eigenvalue weighted by atomic mass is 79.9. The van der Waals surface area contributed by atoms with Crippen molar-refractivity contribution in [3.63, 3.8) is 0 Å². The van der Waals surface area contributed by atoms with Crippen LogP contribution in [0.1, 0.15) is 18.4 Å². The Morgan fingerprint density at radius 3 is 2.95 bits per heavy atom. The minimum Gasteiger partial charge on any atom is -0.381 e. The first-order valence-corrected chi connectivity index (χ1v) is 7.34. The second kappa shape index (κ2) is 6.79. The van der Waals surface area contributed by atoms with Gasteiger partial charge in [-0.05, 0) is 25.0 Å². The molecule has 0 aliphatic carbocycles. The van der Waals surface area contributed by atoms with Crippen LogP contribution in [0.5, 0.6) is 0 Å². The Balaban J connectivity index is 2.05. The standard InChI is InChI=1S/C14H20BrFN2O/c1-19-13-4-5-18(12(7-13)8-17)9-10-2-3-11(15)6-14(10)16/h2-3,6,12-13H,4-5,7-9,17H2,1H3. The molecule has 0 bridgehead atoms. The van der Waals surface area contributed by atoms with E-state index in [4.69, 9.17) is 10.5 Å². The highest BCUT2D eigenvalue weighted by molar-refractivity contribution is 9.10. The predicted octanol–water partition coefficient (Wildman–Crippen LogP) is 2.53. The van der Waals surface area contributed by atoms with Crippen molar-refractivity contribution in [2.45, 2.75) is 31.5 Å². The Labute approximate surface area is 122 Å². The molecule has 5 heteroatoms. The Bertz CT molecular complexity index is 430. The Kier molecular flexibility index (Phi) is 5.33. The van der Waals surface area contributed by atoms with Crippen LogP contribution in [0.15, 0.2) is 22.7 Å². The Morgan fingerprint density at radius 1 is 1.53 bits per heavy atom. The van der Waals surface area contributed by atoms with E-state index < -0.39 is 0 Å². The number of piperidine rings is 1. The zero-order chi connectivity index (χ0) is 13.8. The van der Waals surface area contributed by atoms with Crippen molar-refractivity contribution >= 4 is 15.9 Å². The zero-order valence-corrected chi connectivity index (χ0v) is 12.7. The lowest BCUT2D eigenvalue weighted by Crippen LogP contribution is -2.48. The van der Waals surface area contributed by atoms with Gasteiger partial charge in [0.1, 0.15) is 5.82 Å². The van der Waals surface area contributed by atoms with Crippen LogP contribution in [0.2, 0.25) is 0 Å². The number of benzene rings is 1. The highest BCUT2D eigenvalue weighted by Gasteiger charge is 2.27. The molecule has 1 aliphatic heterocycles. The highest BCUT2D eigenvalue weighted by Crippen LogP contribution is 2.23. The summed E-state index contributed by atoms with van der Waals surface area (Å²) in [6.07, 6.45) is 2.18. The van der Waals surface area contributed by atoms with E-state index in [9.17, 15) is 4.39 Å². The summed E-state index contributed by atoms with van der Waals surface area (Å²) in [5.74, 6) is -0.168. The maximum absolute atomic E-state index is 13.9. The number of nitrogens with two attached hydrogens (primary N) is 1. The molecule has 0 amide bonds. The first kappa shape index (κ1) is 14.9. The smallest absolute Gasteiger partial charge is 0.128 e. The quantitative estimate of drug-likeness (QED) is 0.921. The normalized spacial score (nSPS) is 24.6. The van der Waals surface area contributed by atoms with E-state index in [-0.39, 0.29) is 18.0 Å². The van der Waals surface area contributed by atoms with E-state index in [2.05, 4.69) is 20.8 Å². The minimum atomic E-state index is -0.168. The Hall–Kier alpha value is -0.490. The van der Waals surface area contributed by atoms with Gasteiger partial charge in [-0.15, -0.1) is 0 Å². The lowest BCUT2D eigenvalue weighted by atomic mass is 9.98. The lowest BCUT2D eigenvalue weighted by Gasteiger charge is -2.38. The maximum Gasteiger partial charge on any atom is 0.128 e. The van der Waals surface area contributed by atoms with E-state index in [1.54, 1.807) is 7.11 Å². The predicted molar refractivity (Wildman–Crippen MR) is 77.4 cm³/mol. The summed E-state index contributed by atoms with van der Waals surface area (Å²) in [6, 6.07) is 5.48. The SMILES string of the molecule is COC1CCN(Cc2ccc(Br)cc2F)C(CN)C1. The van der Waals surface area contributed by atoms with Gasteiger partial charge in [0.15, 0.2) is 0 Å². The third-order valence-corrected chi connectivity index (χ3v) is 4.28. The van der Waals surface area contributed by atoms with E-state index in [1.807, 2.05) is 12.1 Å². The molecule has 2 N–H and O–H groups in total. The number of nitrogens with zero attached hydrogens (tertiary/aromatic N) is 1. The van der Waals surface area contributed by atoms with Crippen molar-refractivity contribution in [3.8, 4) is 0 Å². The third kappa shape index (κ3) is 3.75. The molecule has 1 fully saturated rings. The number of hydrogen-bond donors (Lipinski definition) is 1. The van der Waals surface area contributed by atoms with Gasteiger partial charge in [-0.1, -0.05) is 22.0 Å². The summed E-state index contributed by atoms with van der Waals surface area (Å²) in [5, 5.41) is 0. The molecule has 3 nitrogen and oxygen atoms in total. The van der Waals surface area contributed by atoms with E-state index in [0.717, 1.165) is 29.4 Å². The molecular weight excluding hydrogens is 311 g/mol. The maximum atomic E-state index is 13.9. The fourth-order valence-corrected chi connectivity index (χ4v) is 2.93. The van der Waals surface area contributed by atoms with Crippen molar-refractivity contribution in [1.82, 2.24) is 4.90 Å². The summed E-state index contributed by atoms with van der Waals surface area (Å²) < 4.78 is 20.0. The molecular formula is C14H20BrFN2O. The fraction of sp³-hybridized carbons (Fsp3) is 0.571. The molecule has 0 spiro atoms. The third-order valence-electron chi connectivity index (χ3n) is 3.78. The summed E-state index contributed by atoms with van der Waals surface area (Å²) in [5.41, 5.74) is 6.55. The first-order chi connectivity index (χ1) is 9.13. The van der Waals surface area contributed by atoms with Gasteiger partial charge in [0.25, 0.3) is 0 Å². The number of hydrogen-bond acceptors (Lipinski definition) is 3. The fourth-order valence-electron chi connectivity index (χ4n) is 2.60. The topological polar surface area (TPSA) is 38.5 Å². The second-order valence-electron chi connectivity index (χ2n) is 4.98. The van der Waals surface area contributed by atoms with Crippen LogP contribution in [0.3, 0.4) is 0 Å². The first-order valence-electron chi connectivity index (χ1n) is 6.55. The van der Waals surface area contributed by atoms with Crippen molar-refractivity contribution in [1.29, 1.82) is 0 Å². The van der Waals surface area contributed by atoms with Crippen molar-refractivity contribution < 1.29 is 9.13 Å². The number of rotatable bonds is 4. The number of ether oxygens (including phenoxy) is 1. The Morgan fingerprint density at radius 2 is 2.32 bits per heavy atom. The van der Waals surface area contributed by atoms with E-state index >= 15 is 0 Å². The average Bonchev–Trinajstić information content (AvgIpc) is 2.42. The molecule has 2 atom stereocenters. The molecule has 1 aliphatic rings. The van der Waals surface area contributed by atoms with Gasteiger partial charge in [0.05, 0.1) is 6.10 Å². The summed E-state index contributed by atoms with van der Waals surface area (Å²) >= 11 is 3.27. The summed E-state index contributed by atoms with van der Waals surface area (Å²) in [7, 11) is 1.74. The van der Waals surface area contributed by atoms with Crippen LogP contribution in [0, 0.1) is 5.82 Å². The number of likely N-dealkylation sites (tertiary alicyclic amines) is 1. The van der Waals surface area contributed by atoms with E-state index in [1.165, 1.54) is 6.07 Å². The summed E-state index contributed by atoms with van der Waals surface area (Å²) in [6.45, 7) is 2.09. The van der Waals surface area contributed by atoms with E-state index in [0.29, 0.717) is 13.1 Å². The molecule has 0 saturated carbocycles. The van der Waals surface area contributed by atoms with Crippen molar-refractivity contribution in [2.75, 3.05) is 20.2 Å². The number of halogens is 2. The van der Waals surface area contributed by atoms with Gasteiger partial charge in [0.2, 0.25) is 0 Å². The van der Waals surface area contributed by atoms with Gasteiger partial charge in [-0.3, -0.25) is 4.90 Å². The van der Waals surface area contributed by atoms with Crippen molar-refractivity contribution in [3.05, 3.63) is 34.1 Å². The number of methoxy groups -OCH3 is 1. The molecule has 0 aromatic heterocycles. The van der Waals surface area contributed by atoms with Crippen LogP contribution in [-0.4, -0.2) is 37.2 Å². The van der Waals surface area contributed by atoms with Gasteiger partial charge in [0, 0.05) is 42.8 Å². The largest absolute Gasteiger partial charge is 0.381 e. The van der Waals surface area contributed by atoms with Gasteiger partial charge < -0.3 is 10.5 Å². The molecule has 106 valence electrons. The molecule has 1 heterocycles. The lowest BCUT2D eigenvalue weighted by molar-refractivity contribution is 0.00987. The molecule has 0 radical (unpaired) electrons. The molecule has 19 heavy (non-hydrogen) atoms. The van der Waals surface area contributed by atoms with Crippen LogP contribution < -0.4 is 5.73 Å². The van der Waals surface area contributed by atoms with Crippen LogP contribution in [-0.2, 0) is 11.3 Å². The van der Waals surface area contributed by atoms with Gasteiger partial charge in [-0.25, -0.2) is 4.39 Å². The van der Waals surface area contributed by atoms with Gasteiger partial charge in [-0.2, -0.15) is 0 Å². The molecule has 1 saturated heterocycles. The molecule has 1 aromatic carbocycles. The molecule has 2 rings (SSSR count). The summed E-state index contributed by atoms with van der Waals surface area (Å²) in [4.78, 5) is 2.25. The minimum absolute atomic E-state index is 0.168.